The molecule has 0 bridgehead atoms. The van der Waals surface area contributed by atoms with Gasteiger partial charge < -0.3 is 18.6 Å². The molecular formula is C18H18BrNO8S. The lowest BCUT2D eigenvalue weighted by Gasteiger charge is -2.26. The van der Waals surface area contributed by atoms with Gasteiger partial charge in [0.1, 0.15) is 12.4 Å². The van der Waals surface area contributed by atoms with Crippen molar-refractivity contribution in [1.29, 1.82) is 0 Å². The van der Waals surface area contributed by atoms with Crippen LogP contribution in [0.3, 0.4) is 0 Å². The molecule has 1 aromatic heterocycles. The zero-order valence-electron chi connectivity index (χ0n) is 15.4. The van der Waals surface area contributed by atoms with E-state index in [-0.39, 0.29) is 41.7 Å². The van der Waals surface area contributed by atoms with E-state index in [0.29, 0.717) is 17.7 Å². The van der Waals surface area contributed by atoms with Crippen molar-refractivity contribution in [3.8, 4) is 0 Å². The first kappa shape index (κ1) is 21.5. The maximum Gasteiger partial charge on any atom is 0.373 e. The summed E-state index contributed by atoms with van der Waals surface area (Å²) in [5, 5.41) is 0. The van der Waals surface area contributed by atoms with Gasteiger partial charge >= 0.3 is 11.9 Å². The summed E-state index contributed by atoms with van der Waals surface area (Å²) in [6, 6.07) is 7.08. The van der Waals surface area contributed by atoms with Gasteiger partial charge in [0.2, 0.25) is 15.8 Å². The van der Waals surface area contributed by atoms with Crippen LogP contribution in [0.2, 0.25) is 0 Å². The number of esters is 2. The molecule has 0 atom stereocenters. The van der Waals surface area contributed by atoms with Crippen LogP contribution in [-0.4, -0.2) is 58.1 Å². The third-order valence-corrected chi connectivity index (χ3v) is 7.04. The third kappa shape index (κ3) is 4.86. The van der Waals surface area contributed by atoms with Crippen molar-refractivity contribution in [3.05, 3.63) is 51.9 Å². The van der Waals surface area contributed by atoms with Gasteiger partial charge in [-0.25, -0.2) is 18.0 Å². The molecule has 1 aliphatic heterocycles. The van der Waals surface area contributed by atoms with Gasteiger partial charge in [-0.05, 0) is 46.3 Å². The maximum atomic E-state index is 12.9. The molecule has 0 unspecified atom stereocenters. The highest BCUT2D eigenvalue weighted by Crippen LogP contribution is 2.27. The monoisotopic (exact) mass is 487 g/mol. The number of hydrogen-bond donors (Lipinski definition) is 0. The predicted octanol–water partition coefficient (Wildman–Crippen LogP) is 2.21. The summed E-state index contributed by atoms with van der Waals surface area (Å²) in [5.41, 5.74) is 0.0692. The molecule has 0 saturated carbocycles. The molecule has 0 aliphatic carbocycles. The van der Waals surface area contributed by atoms with Crippen LogP contribution in [-0.2, 0) is 30.8 Å². The van der Waals surface area contributed by atoms with Crippen molar-refractivity contribution in [2.24, 2.45) is 0 Å². The van der Waals surface area contributed by atoms with E-state index >= 15 is 0 Å². The molecule has 0 spiro atoms. The van der Waals surface area contributed by atoms with Crippen LogP contribution in [0.4, 0.5) is 0 Å². The summed E-state index contributed by atoms with van der Waals surface area (Å²) >= 11 is 3.23. The van der Waals surface area contributed by atoms with Gasteiger partial charge in [0.05, 0.1) is 30.8 Å². The molecular weight excluding hydrogens is 470 g/mol. The summed E-state index contributed by atoms with van der Waals surface area (Å²) in [6.07, 6.45) is 0. The van der Waals surface area contributed by atoms with Gasteiger partial charge in [-0.2, -0.15) is 4.31 Å². The smallest absolute Gasteiger partial charge is 0.373 e. The van der Waals surface area contributed by atoms with Crippen molar-refractivity contribution < 1.29 is 36.6 Å². The van der Waals surface area contributed by atoms with E-state index in [0.717, 1.165) is 0 Å². The second-order valence-corrected chi connectivity index (χ2v) is 8.76. The van der Waals surface area contributed by atoms with Gasteiger partial charge in [-0.15, -0.1) is 0 Å². The number of ether oxygens (including phenoxy) is 3. The average Bonchev–Trinajstić information content (AvgIpc) is 3.21. The summed E-state index contributed by atoms with van der Waals surface area (Å²) in [5.74, 6) is -1.14. The Balaban J connectivity index is 1.74. The van der Waals surface area contributed by atoms with Crippen molar-refractivity contribution >= 4 is 37.9 Å². The highest BCUT2D eigenvalue weighted by atomic mass is 79.9. The number of halogens is 1. The number of carbonyl (C=O) groups excluding carboxylic acids is 2. The third-order valence-electron chi connectivity index (χ3n) is 4.15. The van der Waals surface area contributed by atoms with E-state index in [9.17, 15) is 18.0 Å². The minimum absolute atomic E-state index is 0.0129. The predicted molar refractivity (Wildman–Crippen MR) is 103 cm³/mol. The fourth-order valence-corrected chi connectivity index (χ4v) is 5.00. The van der Waals surface area contributed by atoms with E-state index in [1.165, 1.54) is 41.7 Å². The molecule has 1 aliphatic rings. The Morgan fingerprint density at radius 3 is 2.55 bits per heavy atom. The van der Waals surface area contributed by atoms with E-state index in [1.54, 1.807) is 0 Å². The number of furan rings is 1. The van der Waals surface area contributed by atoms with E-state index < -0.39 is 22.0 Å². The van der Waals surface area contributed by atoms with Crippen LogP contribution < -0.4 is 0 Å². The molecule has 0 amide bonds. The first-order chi connectivity index (χ1) is 13.8. The minimum Gasteiger partial charge on any atom is -0.463 e. The van der Waals surface area contributed by atoms with Crippen molar-refractivity contribution in [3.63, 3.8) is 0 Å². The average molecular weight is 488 g/mol. The van der Waals surface area contributed by atoms with E-state index in [4.69, 9.17) is 13.9 Å². The fraction of sp³-hybridized carbons (Fsp3) is 0.333. The number of sulfonamides is 1. The minimum atomic E-state index is -3.80. The van der Waals surface area contributed by atoms with Crippen LogP contribution in [0.25, 0.3) is 0 Å². The molecule has 1 aromatic carbocycles. The Hall–Kier alpha value is -2.21. The number of nitrogens with zero attached hydrogens (tertiary/aromatic N) is 1. The van der Waals surface area contributed by atoms with Crippen LogP contribution in [0.1, 0.15) is 26.7 Å². The first-order valence-corrected chi connectivity index (χ1v) is 10.8. The molecule has 0 N–H and O–H groups in total. The number of benzene rings is 1. The second-order valence-electron chi connectivity index (χ2n) is 6.00. The number of rotatable bonds is 6. The van der Waals surface area contributed by atoms with Gasteiger partial charge in [-0.1, -0.05) is 0 Å². The Morgan fingerprint density at radius 2 is 1.86 bits per heavy atom. The lowest BCUT2D eigenvalue weighted by atomic mass is 10.2. The highest BCUT2D eigenvalue weighted by Gasteiger charge is 2.29. The number of carbonyl (C=O) groups is 2. The van der Waals surface area contributed by atoms with Crippen LogP contribution in [0.5, 0.6) is 0 Å². The quantitative estimate of drug-likeness (QED) is 0.569. The summed E-state index contributed by atoms with van der Waals surface area (Å²) < 4.78 is 47.5. The largest absolute Gasteiger partial charge is 0.463 e. The number of methoxy groups -OCH3 is 1. The number of hydrogen-bond acceptors (Lipinski definition) is 8. The fourth-order valence-electron chi connectivity index (χ4n) is 2.64. The second kappa shape index (κ2) is 9.08. The van der Waals surface area contributed by atoms with Crippen LogP contribution in [0, 0.1) is 0 Å². The van der Waals surface area contributed by atoms with E-state index in [2.05, 4.69) is 20.7 Å². The van der Waals surface area contributed by atoms with Crippen molar-refractivity contribution in [2.75, 3.05) is 33.4 Å². The lowest BCUT2D eigenvalue weighted by molar-refractivity contribution is 0.0438. The lowest BCUT2D eigenvalue weighted by Crippen LogP contribution is -2.40. The normalized spacial score (nSPS) is 15.1. The molecule has 9 nitrogen and oxygen atoms in total. The topological polar surface area (TPSA) is 112 Å². The molecule has 1 fully saturated rings. The number of morpholine rings is 1. The highest BCUT2D eigenvalue weighted by molar-refractivity contribution is 9.10. The summed E-state index contributed by atoms with van der Waals surface area (Å²) in [7, 11) is -2.57. The Bertz CT molecular complexity index is 1010. The first-order valence-electron chi connectivity index (χ1n) is 8.54. The van der Waals surface area contributed by atoms with Crippen molar-refractivity contribution in [1.82, 2.24) is 4.31 Å². The van der Waals surface area contributed by atoms with Gasteiger partial charge in [0, 0.05) is 17.6 Å². The molecule has 2 heterocycles. The zero-order valence-corrected chi connectivity index (χ0v) is 17.8. The van der Waals surface area contributed by atoms with Crippen molar-refractivity contribution in [2.45, 2.75) is 11.5 Å². The van der Waals surface area contributed by atoms with Crippen LogP contribution in [0.15, 0.2) is 44.1 Å². The molecule has 29 heavy (non-hydrogen) atoms. The molecule has 1 saturated heterocycles. The summed E-state index contributed by atoms with van der Waals surface area (Å²) in [4.78, 5) is 23.7. The molecule has 3 rings (SSSR count). The van der Waals surface area contributed by atoms with Crippen LogP contribution >= 0.6 is 15.9 Å². The zero-order chi connectivity index (χ0) is 21.0. The molecule has 11 heteroatoms. The molecule has 2 aromatic rings. The Labute approximate surface area is 175 Å². The van der Waals surface area contributed by atoms with E-state index in [1.807, 2.05) is 0 Å². The van der Waals surface area contributed by atoms with Gasteiger partial charge in [0.25, 0.3) is 0 Å². The molecule has 0 radical (unpaired) electrons. The SMILES string of the molecule is COC(=O)c1ccc(COC(=O)c2ccc(Br)c(S(=O)(=O)N3CCOCC3)c2)o1. The van der Waals surface area contributed by atoms with Gasteiger partial charge in [-0.3, -0.25) is 0 Å². The standard InChI is InChI=1S/C18H18BrNO8S/c1-25-18(22)15-5-3-13(28-15)11-27-17(21)12-2-4-14(19)16(10-12)29(23,24)20-6-8-26-9-7-20/h2-5,10H,6-9,11H2,1H3. The Morgan fingerprint density at radius 1 is 1.14 bits per heavy atom. The van der Waals surface area contributed by atoms with Gasteiger partial charge in [0.15, 0.2) is 0 Å². The molecule has 156 valence electrons. The summed E-state index contributed by atoms with van der Waals surface area (Å²) in [6.45, 7) is 0.886. The Kier molecular flexibility index (Phi) is 6.73. The maximum absolute atomic E-state index is 12.9.